The Morgan fingerprint density at radius 3 is 1.26 bits per heavy atom. The van der Waals surface area contributed by atoms with Gasteiger partial charge in [0.25, 0.3) is 0 Å². The number of aliphatic carboxylic acids is 1. The maximum atomic E-state index is 14.4. The van der Waals surface area contributed by atoms with E-state index in [1.807, 2.05) is 26.2 Å². The summed E-state index contributed by atoms with van der Waals surface area (Å²) in [7, 11) is 0. The summed E-state index contributed by atoms with van der Waals surface area (Å²) in [6, 6.07) is 25.9. The average molecular weight is 867 g/mol. The zero-order valence-electron chi connectivity index (χ0n) is 35.3. The Kier molecular flexibility index (Phi) is 19.5. The summed E-state index contributed by atoms with van der Waals surface area (Å²) in [5.41, 5.74) is 8.95. The van der Waals surface area contributed by atoms with Gasteiger partial charge in [-0.1, -0.05) is 123 Å². The van der Waals surface area contributed by atoms with E-state index >= 15 is 0 Å². The minimum Gasteiger partial charge on any atom is -0.508 e. The first-order valence-corrected chi connectivity index (χ1v) is 22.1. The van der Waals surface area contributed by atoms with Crippen LogP contribution in [0.25, 0.3) is 0 Å². The van der Waals surface area contributed by atoms with Gasteiger partial charge in [-0.15, -0.1) is 0 Å². The quantitative estimate of drug-likeness (QED) is 0.0513. The summed E-state index contributed by atoms with van der Waals surface area (Å²) >= 11 is 1.45. The number of amides is 5. The lowest BCUT2D eigenvalue weighted by atomic mass is 9.98. The van der Waals surface area contributed by atoms with Gasteiger partial charge in [-0.2, -0.15) is 11.8 Å². The standard InChI is InChI=1S/C47H58N6O8S/c1-4-30(2)41(48)46(59)52-39(28-34-20-22-35(54)23-21-34)43(56)49-36(24-25-62-3)42(55)50-37(26-31-14-8-5-9-15-31)44(57)51-38(27-32-16-10-6-11-17-32)45(58)53-40(47(60)61)29-33-18-12-7-13-19-33/h5-23,30,36-41,54H,4,24-29,48H2,1-3H3,(H,49,56)(H,50,55)(H,51,57)(H,52,59)(H,53,58)(H,60,61)/t30-,36-,37-,38-,39-,40-,41-/m0/s1. The number of phenolic OH excluding ortho intramolecular Hbond substituents is 1. The van der Waals surface area contributed by atoms with Crippen molar-refractivity contribution in [3.05, 3.63) is 138 Å². The van der Waals surface area contributed by atoms with Gasteiger partial charge >= 0.3 is 5.97 Å². The van der Waals surface area contributed by atoms with E-state index < -0.39 is 71.8 Å². The Hall–Kier alpha value is -6.19. The number of nitrogens with two attached hydrogens (primary N) is 1. The zero-order chi connectivity index (χ0) is 45.0. The van der Waals surface area contributed by atoms with Gasteiger partial charge in [0.2, 0.25) is 29.5 Å². The number of benzene rings is 4. The number of hydrogen-bond acceptors (Lipinski definition) is 9. The van der Waals surface area contributed by atoms with Crippen molar-refractivity contribution >= 4 is 47.3 Å². The number of carboxylic acid groups (broad SMARTS) is 1. The molecule has 62 heavy (non-hydrogen) atoms. The van der Waals surface area contributed by atoms with Crippen LogP contribution in [0.1, 0.15) is 48.9 Å². The Morgan fingerprint density at radius 1 is 0.532 bits per heavy atom. The molecule has 0 aliphatic heterocycles. The summed E-state index contributed by atoms with van der Waals surface area (Å²) in [6.45, 7) is 3.73. The van der Waals surface area contributed by atoms with E-state index in [0.29, 0.717) is 34.4 Å². The smallest absolute Gasteiger partial charge is 0.326 e. The molecule has 5 amide bonds. The van der Waals surface area contributed by atoms with E-state index in [4.69, 9.17) is 5.73 Å². The highest BCUT2D eigenvalue weighted by Crippen LogP contribution is 2.14. The van der Waals surface area contributed by atoms with Crippen molar-refractivity contribution in [2.75, 3.05) is 12.0 Å². The zero-order valence-corrected chi connectivity index (χ0v) is 36.1. The molecular formula is C47H58N6O8S. The van der Waals surface area contributed by atoms with Gasteiger partial charge in [-0.3, -0.25) is 24.0 Å². The van der Waals surface area contributed by atoms with Crippen LogP contribution >= 0.6 is 11.8 Å². The van der Waals surface area contributed by atoms with Crippen molar-refractivity contribution in [1.29, 1.82) is 0 Å². The fraction of sp³-hybridized carbons (Fsp3) is 0.362. The number of carbonyl (C=O) groups excluding carboxylic acids is 5. The molecule has 7 atom stereocenters. The maximum Gasteiger partial charge on any atom is 0.326 e. The van der Waals surface area contributed by atoms with Gasteiger partial charge in [0.1, 0.15) is 36.0 Å². The van der Waals surface area contributed by atoms with Crippen molar-refractivity contribution in [3.63, 3.8) is 0 Å². The lowest BCUT2D eigenvalue weighted by molar-refractivity contribution is -0.142. The van der Waals surface area contributed by atoms with Gasteiger partial charge in [0.15, 0.2) is 0 Å². The molecule has 0 spiro atoms. The highest BCUT2D eigenvalue weighted by molar-refractivity contribution is 7.98. The highest BCUT2D eigenvalue weighted by atomic mass is 32.2. The number of phenols is 1. The van der Waals surface area contributed by atoms with E-state index in [9.17, 15) is 39.0 Å². The lowest BCUT2D eigenvalue weighted by Crippen LogP contribution is -2.60. The monoisotopic (exact) mass is 866 g/mol. The first kappa shape index (κ1) is 48.5. The number of carboxylic acids is 1. The molecule has 0 bridgehead atoms. The van der Waals surface area contributed by atoms with Crippen LogP contribution in [0.4, 0.5) is 0 Å². The minimum absolute atomic E-state index is 0.00784. The molecular weight excluding hydrogens is 809 g/mol. The average Bonchev–Trinajstić information content (AvgIpc) is 3.27. The number of nitrogens with one attached hydrogen (secondary N) is 5. The number of thioether (sulfide) groups is 1. The summed E-state index contributed by atoms with van der Waals surface area (Å²) in [6.07, 6.45) is 2.71. The molecule has 4 rings (SSSR count). The molecule has 0 aliphatic carbocycles. The molecule has 0 aromatic heterocycles. The fourth-order valence-electron chi connectivity index (χ4n) is 6.62. The largest absolute Gasteiger partial charge is 0.508 e. The van der Waals surface area contributed by atoms with Crippen LogP contribution in [0.3, 0.4) is 0 Å². The molecule has 330 valence electrons. The first-order chi connectivity index (χ1) is 29.8. The molecule has 15 heteroatoms. The van der Waals surface area contributed by atoms with Crippen LogP contribution in [0, 0.1) is 5.92 Å². The predicted molar refractivity (Wildman–Crippen MR) is 240 cm³/mol. The Morgan fingerprint density at radius 2 is 0.871 bits per heavy atom. The molecule has 9 N–H and O–H groups in total. The molecule has 4 aromatic rings. The lowest BCUT2D eigenvalue weighted by Gasteiger charge is -2.28. The molecule has 0 aliphatic rings. The molecule has 0 heterocycles. The van der Waals surface area contributed by atoms with Crippen LogP contribution < -0.4 is 32.3 Å². The summed E-state index contributed by atoms with van der Waals surface area (Å²) in [5.74, 6) is -4.24. The van der Waals surface area contributed by atoms with E-state index in [0.717, 1.165) is 0 Å². The SMILES string of the molecule is CC[C@H](C)[C@H](N)C(=O)N[C@@H](Cc1ccc(O)cc1)C(=O)N[C@@H](CCSC)C(=O)N[C@@H](Cc1ccccc1)C(=O)N[C@@H](Cc1ccccc1)C(=O)N[C@@H](Cc1ccccc1)C(=O)O. The third kappa shape index (κ3) is 15.7. The number of aromatic hydroxyl groups is 1. The van der Waals surface area contributed by atoms with E-state index in [1.54, 1.807) is 97.1 Å². The molecule has 14 nitrogen and oxygen atoms in total. The van der Waals surface area contributed by atoms with E-state index in [2.05, 4.69) is 26.6 Å². The van der Waals surface area contributed by atoms with Gasteiger partial charge in [-0.05, 0) is 58.7 Å². The minimum atomic E-state index is -1.30. The highest BCUT2D eigenvalue weighted by Gasteiger charge is 2.34. The summed E-state index contributed by atoms with van der Waals surface area (Å²) in [4.78, 5) is 82.3. The second-order valence-electron chi connectivity index (χ2n) is 15.3. The van der Waals surface area contributed by atoms with Gasteiger partial charge in [0, 0.05) is 25.7 Å². The maximum absolute atomic E-state index is 14.4. The van der Waals surface area contributed by atoms with E-state index in [-0.39, 0.29) is 43.8 Å². The molecule has 0 radical (unpaired) electrons. The molecule has 4 aromatic carbocycles. The number of carbonyl (C=O) groups is 6. The predicted octanol–water partition coefficient (Wildman–Crippen LogP) is 3.30. The van der Waals surface area contributed by atoms with Crippen molar-refractivity contribution in [2.45, 2.75) is 88.6 Å². The Bertz CT molecular complexity index is 2060. The summed E-state index contributed by atoms with van der Waals surface area (Å²) < 4.78 is 0. The van der Waals surface area contributed by atoms with Crippen LogP contribution in [0.5, 0.6) is 5.75 Å². The Balaban J connectivity index is 1.60. The van der Waals surface area contributed by atoms with Crippen LogP contribution in [-0.2, 0) is 54.5 Å². The second-order valence-corrected chi connectivity index (χ2v) is 16.3. The number of rotatable bonds is 24. The third-order valence-electron chi connectivity index (χ3n) is 10.5. The third-order valence-corrected chi connectivity index (χ3v) is 11.2. The number of hydrogen-bond donors (Lipinski definition) is 8. The van der Waals surface area contributed by atoms with Crippen LogP contribution in [0.2, 0.25) is 0 Å². The molecule has 0 unspecified atom stereocenters. The fourth-order valence-corrected chi connectivity index (χ4v) is 7.09. The van der Waals surface area contributed by atoms with Crippen molar-refractivity contribution in [3.8, 4) is 5.75 Å². The van der Waals surface area contributed by atoms with Crippen molar-refractivity contribution < 1.29 is 39.0 Å². The van der Waals surface area contributed by atoms with Gasteiger partial charge in [-0.25, -0.2) is 4.79 Å². The summed E-state index contributed by atoms with van der Waals surface area (Å²) in [5, 5.41) is 33.7. The van der Waals surface area contributed by atoms with Gasteiger partial charge in [0.05, 0.1) is 6.04 Å². The molecule has 0 saturated carbocycles. The Labute approximate surface area is 367 Å². The first-order valence-electron chi connectivity index (χ1n) is 20.7. The van der Waals surface area contributed by atoms with Gasteiger partial charge < -0.3 is 42.5 Å². The molecule has 0 saturated heterocycles. The topological polar surface area (TPSA) is 229 Å². The van der Waals surface area contributed by atoms with Crippen molar-refractivity contribution in [1.82, 2.24) is 26.6 Å². The normalized spacial score (nSPS) is 14.4. The van der Waals surface area contributed by atoms with Crippen LogP contribution in [0.15, 0.2) is 115 Å². The molecule has 0 fully saturated rings. The van der Waals surface area contributed by atoms with Crippen molar-refractivity contribution in [2.24, 2.45) is 11.7 Å². The van der Waals surface area contributed by atoms with Crippen LogP contribution in [-0.4, -0.2) is 94.0 Å². The van der Waals surface area contributed by atoms with E-state index in [1.165, 1.54) is 23.9 Å². The second kappa shape index (κ2) is 24.9.